The maximum absolute atomic E-state index is 12.7. The monoisotopic (exact) mass is 364 g/mol. The van der Waals surface area contributed by atoms with E-state index >= 15 is 0 Å². The van der Waals surface area contributed by atoms with E-state index in [1.807, 2.05) is 6.92 Å². The van der Waals surface area contributed by atoms with Crippen molar-refractivity contribution in [2.75, 3.05) is 19.0 Å². The average Bonchev–Trinajstić information content (AvgIpc) is 3.15. The fourth-order valence-electron chi connectivity index (χ4n) is 3.26. The van der Waals surface area contributed by atoms with E-state index in [4.69, 9.17) is 9.72 Å². The van der Waals surface area contributed by atoms with Gasteiger partial charge in [0.15, 0.2) is 5.65 Å². The zero-order valence-corrected chi connectivity index (χ0v) is 15.8. The van der Waals surface area contributed by atoms with Crippen LogP contribution in [0.1, 0.15) is 44.3 Å². The van der Waals surface area contributed by atoms with Gasteiger partial charge in [0, 0.05) is 32.4 Å². The molecule has 25 heavy (non-hydrogen) atoms. The molecule has 1 aliphatic rings. The number of aryl methyl sites for hydroxylation is 1. The molecule has 0 aliphatic heterocycles. The van der Waals surface area contributed by atoms with Crippen LogP contribution < -0.4 is 11.2 Å². The normalized spacial score (nSPS) is 15.3. The van der Waals surface area contributed by atoms with Gasteiger partial charge in [0.1, 0.15) is 16.2 Å². The Labute approximate surface area is 150 Å². The minimum absolute atomic E-state index is 0.315. The molecule has 2 aromatic heterocycles. The van der Waals surface area contributed by atoms with Gasteiger partial charge in [-0.15, -0.1) is 11.8 Å². The number of hydrogen-bond donors (Lipinski definition) is 0. The smallest absolute Gasteiger partial charge is 0.332 e. The van der Waals surface area contributed by atoms with E-state index in [-0.39, 0.29) is 11.2 Å². The van der Waals surface area contributed by atoms with E-state index in [0.717, 1.165) is 23.2 Å². The fraction of sp³-hybridized carbons (Fsp3) is 0.647. The molecule has 1 aliphatic carbocycles. The SMILES string of the molecule is CCOCCSc1nc(C2CCCC2)nc2c1c(=O)n(C)c(=O)n2C. The molecular formula is C17H24N4O3S. The molecule has 0 N–H and O–H groups in total. The first-order valence-corrected chi connectivity index (χ1v) is 9.71. The molecule has 0 aromatic carbocycles. The van der Waals surface area contributed by atoms with E-state index in [1.165, 1.54) is 36.2 Å². The Kier molecular flexibility index (Phi) is 5.58. The van der Waals surface area contributed by atoms with Crippen LogP contribution in [0.2, 0.25) is 0 Å². The Morgan fingerprint density at radius 1 is 1.16 bits per heavy atom. The summed E-state index contributed by atoms with van der Waals surface area (Å²) >= 11 is 1.50. The van der Waals surface area contributed by atoms with E-state index in [9.17, 15) is 9.59 Å². The molecule has 1 fully saturated rings. The van der Waals surface area contributed by atoms with Gasteiger partial charge in [-0.1, -0.05) is 12.8 Å². The second-order valence-electron chi connectivity index (χ2n) is 6.32. The molecule has 1 saturated carbocycles. The van der Waals surface area contributed by atoms with Crippen LogP contribution >= 0.6 is 11.8 Å². The number of ether oxygens (including phenoxy) is 1. The van der Waals surface area contributed by atoms with Crippen LogP contribution in [0.15, 0.2) is 14.6 Å². The molecule has 7 nitrogen and oxygen atoms in total. The minimum atomic E-state index is -0.362. The van der Waals surface area contributed by atoms with Crippen molar-refractivity contribution in [3.05, 3.63) is 26.7 Å². The molecule has 136 valence electrons. The second kappa shape index (κ2) is 7.70. The number of hydrogen-bond acceptors (Lipinski definition) is 6. The Balaban J connectivity index is 2.15. The summed E-state index contributed by atoms with van der Waals surface area (Å²) in [7, 11) is 3.15. The molecule has 0 radical (unpaired) electrons. The van der Waals surface area contributed by atoms with Gasteiger partial charge in [-0.3, -0.25) is 13.9 Å². The summed E-state index contributed by atoms with van der Waals surface area (Å²) < 4.78 is 7.96. The van der Waals surface area contributed by atoms with Gasteiger partial charge in [-0.25, -0.2) is 14.8 Å². The van der Waals surface area contributed by atoms with Crippen molar-refractivity contribution < 1.29 is 4.74 Å². The van der Waals surface area contributed by atoms with Crippen molar-refractivity contribution in [3.63, 3.8) is 0 Å². The molecule has 8 heteroatoms. The largest absolute Gasteiger partial charge is 0.381 e. The Hall–Kier alpha value is -1.67. The molecule has 0 spiro atoms. The van der Waals surface area contributed by atoms with Crippen LogP contribution in [-0.4, -0.2) is 38.1 Å². The summed E-state index contributed by atoms with van der Waals surface area (Å²) in [5, 5.41) is 1.08. The summed E-state index contributed by atoms with van der Waals surface area (Å²) in [5.74, 6) is 1.78. The first-order chi connectivity index (χ1) is 12.0. The highest BCUT2D eigenvalue weighted by atomic mass is 32.2. The van der Waals surface area contributed by atoms with E-state index < -0.39 is 0 Å². The number of thioether (sulfide) groups is 1. The van der Waals surface area contributed by atoms with Crippen molar-refractivity contribution in [3.8, 4) is 0 Å². The van der Waals surface area contributed by atoms with Gasteiger partial charge in [-0.2, -0.15) is 0 Å². The summed E-state index contributed by atoms with van der Waals surface area (Å²) in [6.07, 6.45) is 4.48. The third-order valence-electron chi connectivity index (χ3n) is 4.67. The predicted molar refractivity (Wildman–Crippen MR) is 98.4 cm³/mol. The van der Waals surface area contributed by atoms with Crippen LogP contribution in [0, 0.1) is 0 Å². The van der Waals surface area contributed by atoms with Crippen molar-refractivity contribution in [2.45, 2.75) is 43.6 Å². The fourth-order valence-corrected chi connectivity index (χ4v) is 4.13. The lowest BCUT2D eigenvalue weighted by Gasteiger charge is -2.14. The molecule has 2 heterocycles. The molecule has 3 rings (SSSR count). The van der Waals surface area contributed by atoms with Gasteiger partial charge >= 0.3 is 5.69 Å². The Bertz CT molecular complexity index is 884. The topological polar surface area (TPSA) is 79.0 Å². The molecule has 0 amide bonds. The first kappa shape index (κ1) is 18.1. The minimum Gasteiger partial charge on any atom is -0.381 e. The van der Waals surface area contributed by atoms with Crippen LogP contribution in [0.4, 0.5) is 0 Å². The third kappa shape index (κ3) is 3.50. The quantitative estimate of drug-likeness (QED) is 0.442. The van der Waals surface area contributed by atoms with Crippen molar-refractivity contribution in [2.24, 2.45) is 14.1 Å². The number of aromatic nitrogens is 4. The maximum atomic E-state index is 12.7. The van der Waals surface area contributed by atoms with Gasteiger partial charge in [0.2, 0.25) is 0 Å². The van der Waals surface area contributed by atoms with Crippen molar-refractivity contribution >= 4 is 22.8 Å². The predicted octanol–water partition coefficient (Wildman–Crippen LogP) is 1.81. The molecule has 0 saturated heterocycles. The van der Waals surface area contributed by atoms with Crippen LogP contribution in [0.3, 0.4) is 0 Å². The summed E-state index contributed by atoms with van der Waals surface area (Å²) in [6.45, 7) is 3.21. The van der Waals surface area contributed by atoms with Crippen molar-refractivity contribution in [1.29, 1.82) is 0 Å². The van der Waals surface area contributed by atoms with Crippen molar-refractivity contribution in [1.82, 2.24) is 19.1 Å². The molecule has 2 aromatic rings. The van der Waals surface area contributed by atoms with E-state index in [1.54, 1.807) is 7.05 Å². The summed E-state index contributed by atoms with van der Waals surface area (Å²) in [5.41, 5.74) is -0.266. The average molecular weight is 364 g/mol. The van der Waals surface area contributed by atoms with Crippen LogP contribution in [0.5, 0.6) is 0 Å². The number of rotatable bonds is 6. The van der Waals surface area contributed by atoms with Gasteiger partial charge < -0.3 is 4.74 Å². The zero-order valence-electron chi connectivity index (χ0n) is 14.9. The molecule has 0 atom stereocenters. The van der Waals surface area contributed by atoms with Gasteiger partial charge in [0.25, 0.3) is 5.56 Å². The zero-order chi connectivity index (χ0) is 18.0. The highest BCUT2D eigenvalue weighted by molar-refractivity contribution is 7.99. The standard InChI is InChI=1S/C17H24N4O3S/c1-4-24-9-10-25-15-12-14(20(2)17(23)21(3)16(12)22)18-13(19-15)11-7-5-6-8-11/h11H,4-10H2,1-3H3. The number of fused-ring (bicyclic) bond motifs is 1. The molecule has 0 unspecified atom stereocenters. The molecular weight excluding hydrogens is 340 g/mol. The third-order valence-corrected chi connectivity index (χ3v) is 5.61. The summed E-state index contributed by atoms with van der Waals surface area (Å²) in [4.78, 5) is 34.3. The highest BCUT2D eigenvalue weighted by Crippen LogP contribution is 2.34. The number of nitrogens with zero attached hydrogens (tertiary/aromatic N) is 4. The van der Waals surface area contributed by atoms with Crippen LogP contribution in [-0.2, 0) is 18.8 Å². The lowest BCUT2D eigenvalue weighted by molar-refractivity contribution is 0.164. The van der Waals surface area contributed by atoms with E-state index in [0.29, 0.717) is 40.9 Å². The summed E-state index contributed by atoms with van der Waals surface area (Å²) in [6, 6.07) is 0. The second-order valence-corrected chi connectivity index (χ2v) is 7.40. The lowest BCUT2D eigenvalue weighted by atomic mass is 10.1. The molecule has 0 bridgehead atoms. The Morgan fingerprint density at radius 2 is 1.88 bits per heavy atom. The lowest BCUT2D eigenvalue weighted by Crippen LogP contribution is -2.38. The van der Waals surface area contributed by atoms with Gasteiger partial charge in [-0.05, 0) is 19.8 Å². The highest BCUT2D eigenvalue weighted by Gasteiger charge is 2.24. The Morgan fingerprint density at radius 3 is 2.56 bits per heavy atom. The first-order valence-electron chi connectivity index (χ1n) is 8.72. The van der Waals surface area contributed by atoms with Gasteiger partial charge in [0.05, 0.1) is 6.61 Å². The maximum Gasteiger partial charge on any atom is 0.332 e. The van der Waals surface area contributed by atoms with E-state index in [2.05, 4.69) is 4.98 Å². The van der Waals surface area contributed by atoms with Crippen LogP contribution in [0.25, 0.3) is 11.0 Å².